The fraction of sp³-hybridized carbons (Fsp3) is 0.294. The average molecular weight is 329 g/mol. The van der Waals surface area contributed by atoms with E-state index in [1.165, 1.54) is 0 Å². The number of carboxylic acids is 1. The molecule has 0 spiro atoms. The van der Waals surface area contributed by atoms with Gasteiger partial charge in [0, 0.05) is 24.4 Å². The second-order valence-corrected chi connectivity index (χ2v) is 5.31. The highest BCUT2D eigenvalue weighted by atomic mass is 16.4. The summed E-state index contributed by atoms with van der Waals surface area (Å²) in [6, 6.07) is 9.19. The predicted molar refractivity (Wildman–Crippen MR) is 89.5 cm³/mol. The zero-order chi connectivity index (χ0) is 17.4. The van der Waals surface area contributed by atoms with E-state index in [2.05, 4.69) is 15.6 Å². The smallest absolute Gasteiger partial charge is 0.303 e. The van der Waals surface area contributed by atoms with E-state index in [4.69, 9.17) is 5.11 Å². The molecule has 0 aliphatic heterocycles. The van der Waals surface area contributed by atoms with Gasteiger partial charge in [0.2, 0.25) is 11.8 Å². The lowest BCUT2D eigenvalue weighted by atomic mass is 10.2. The highest BCUT2D eigenvalue weighted by molar-refractivity contribution is 6.01. The van der Waals surface area contributed by atoms with Crippen LogP contribution in [0.3, 0.4) is 0 Å². The summed E-state index contributed by atoms with van der Waals surface area (Å²) < 4.78 is 0. The number of rotatable bonds is 8. The van der Waals surface area contributed by atoms with Gasteiger partial charge >= 0.3 is 5.97 Å². The number of carboxylic acid groups (broad SMARTS) is 1. The maximum atomic E-state index is 11.9. The minimum atomic E-state index is -0.876. The first-order valence-corrected chi connectivity index (χ1v) is 7.68. The number of pyridine rings is 1. The number of amides is 2. The van der Waals surface area contributed by atoms with Gasteiger partial charge in [-0.1, -0.05) is 18.2 Å². The van der Waals surface area contributed by atoms with Gasteiger partial charge in [-0.3, -0.25) is 19.4 Å². The number of carbonyl (C=O) groups excluding carboxylic acids is 2. The molecule has 0 radical (unpaired) electrons. The average Bonchev–Trinajstić information content (AvgIpc) is 2.57. The van der Waals surface area contributed by atoms with E-state index < -0.39 is 5.97 Å². The minimum absolute atomic E-state index is 0.0435. The third-order valence-electron chi connectivity index (χ3n) is 3.40. The Hall–Kier alpha value is -2.96. The number of benzene rings is 1. The summed E-state index contributed by atoms with van der Waals surface area (Å²) in [5, 5.41) is 14.7. The van der Waals surface area contributed by atoms with Crippen LogP contribution in [0.4, 0.5) is 5.69 Å². The van der Waals surface area contributed by atoms with Gasteiger partial charge in [-0.25, -0.2) is 0 Å². The lowest BCUT2D eigenvalue weighted by Gasteiger charge is -2.09. The second-order valence-electron chi connectivity index (χ2n) is 5.31. The van der Waals surface area contributed by atoms with E-state index in [1.54, 1.807) is 12.3 Å². The number of para-hydroxylation sites is 1. The van der Waals surface area contributed by atoms with Gasteiger partial charge in [0.1, 0.15) is 0 Å². The molecule has 126 valence electrons. The molecule has 0 bridgehead atoms. The predicted octanol–water partition coefficient (Wildman–Crippen LogP) is 1.93. The van der Waals surface area contributed by atoms with E-state index >= 15 is 0 Å². The standard InChI is InChI=1S/C17H19N3O4/c21-14(8-1-2-9-16(23)24)19-11-15(22)20-13-7-3-5-12-6-4-10-18-17(12)13/h3-7,10H,1-2,8-9,11H2,(H,19,21)(H,20,22)(H,23,24). The van der Waals surface area contributed by atoms with E-state index in [9.17, 15) is 14.4 Å². The largest absolute Gasteiger partial charge is 0.481 e. The van der Waals surface area contributed by atoms with Crippen LogP contribution in [-0.2, 0) is 14.4 Å². The monoisotopic (exact) mass is 329 g/mol. The molecule has 1 aromatic carbocycles. The fourth-order valence-corrected chi connectivity index (χ4v) is 2.23. The molecule has 1 aromatic heterocycles. The van der Waals surface area contributed by atoms with Gasteiger partial charge in [0.15, 0.2) is 0 Å². The Kier molecular flexibility index (Phi) is 6.24. The molecule has 0 unspecified atom stereocenters. The number of nitrogens with one attached hydrogen (secondary N) is 2. The molecule has 0 atom stereocenters. The zero-order valence-corrected chi connectivity index (χ0v) is 13.1. The molecule has 0 saturated heterocycles. The maximum absolute atomic E-state index is 11.9. The molecular formula is C17H19N3O4. The molecule has 0 fully saturated rings. The van der Waals surface area contributed by atoms with Crippen LogP contribution < -0.4 is 10.6 Å². The number of fused-ring (bicyclic) bond motifs is 1. The summed E-state index contributed by atoms with van der Waals surface area (Å²) in [6.07, 6.45) is 2.82. The quantitative estimate of drug-likeness (QED) is 0.641. The van der Waals surface area contributed by atoms with Gasteiger partial charge in [0.25, 0.3) is 0 Å². The van der Waals surface area contributed by atoms with Crippen LogP contribution in [-0.4, -0.2) is 34.4 Å². The lowest BCUT2D eigenvalue weighted by Crippen LogP contribution is -2.32. The van der Waals surface area contributed by atoms with Gasteiger partial charge in [-0.05, 0) is 25.0 Å². The van der Waals surface area contributed by atoms with Crippen molar-refractivity contribution in [1.82, 2.24) is 10.3 Å². The Labute approximate surface area is 139 Å². The van der Waals surface area contributed by atoms with Crippen LogP contribution in [0.25, 0.3) is 10.9 Å². The highest BCUT2D eigenvalue weighted by Crippen LogP contribution is 2.20. The number of unbranched alkanes of at least 4 members (excludes halogenated alkanes) is 1. The maximum Gasteiger partial charge on any atom is 0.303 e. The Balaban J connectivity index is 1.78. The molecule has 7 heteroatoms. The van der Waals surface area contributed by atoms with Gasteiger partial charge in [-0.2, -0.15) is 0 Å². The van der Waals surface area contributed by atoms with Crippen LogP contribution in [0.15, 0.2) is 36.5 Å². The van der Waals surface area contributed by atoms with Crippen molar-refractivity contribution in [3.8, 4) is 0 Å². The molecular weight excluding hydrogens is 310 g/mol. The molecule has 0 saturated carbocycles. The first-order valence-electron chi connectivity index (χ1n) is 7.68. The normalized spacial score (nSPS) is 10.3. The van der Waals surface area contributed by atoms with Crippen LogP contribution in [0.1, 0.15) is 25.7 Å². The third-order valence-corrected chi connectivity index (χ3v) is 3.40. The first-order chi connectivity index (χ1) is 11.6. The number of anilines is 1. The van der Waals surface area contributed by atoms with Crippen LogP contribution in [0.2, 0.25) is 0 Å². The van der Waals surface area contributed by atoms with Crippen molar-refractivity contribution in [2.24, 2.45) is 0 Å². The van der Waals surface area contributed by atoms with Crippen molar-refractivity contribution < 1.29 is 19.5 Å². The zero-order valence-electron chi connectivity index (χ0n) is 13.1. The van der Waals surface area contributed by atoms with E-state index in [0.29, 0.717) is 24.0 Å². The Morgan fingerprint density at radius 2 is 1.75 bits per heavy atom. The van der Waals surface area contributed by atoms with Crippen molar-refractivity contribution >= 4 is 34.4 Å². The molecule has 0 aliphatic carbocycles. The third kappa shape index (κ3) is 5.35. The molecule has 0 aliphatic rings. The van der Waals surface area contributed by atoms with E-state index in [1.807, 2.05) is 24.3 Å². The fourth-order valence-electron chi connectivity index (χ4n) is 2.23. The molecule has 7 nitrogen and oxygen atoms in total. The van der Waals surface area contributed by atoms with Crippen molar-refractivity contribution in [2.45, 2.75) is 25.7 Å². The van der Waals surface area contributed by atoms with Crippen LogP contribution in [0, 0.1) is 0 Å². The summed E-state index contributed by atoms with van der Waals surface area (Å²) >= 11 is 0. The van der Waals surface area contributed by atoms with Crippen LogP contribution >= 0.6 is 0 Å². The SMILES string of the molecule is O=C(O)CCCCC(=O)NCC(=O)Nc1cccc2cccnc12. The molecule has 2 aromatic rings. The Morgan fingerprint density at radius 3 is 2.54 bits per heavy atom. The second kappa shape index (κ2) is 8.61. The summed E-state index contributed by atoms with van der Waals surface area (Å²) in [5.74, 6) is -1.49. The van der Waals surface area contributed by atoms with Gasteiger partial charge in [-0.15, -0.1) is 0 Å². The minimum Gasteiger partial charge on any atom is -0.481 e. The summed E-state index contributed by atoms with van der Waals surface area (Å²) in [4.78, 5) is 38.2. The first kappa shape index (κ1) is 17.4. The number of carbonyl (C=O) groups is 3. The molecule has 2 amide bonds. The summed E-state index contributed by atoms with van der Waals surface area (Å²) in [7, 11) is 0. The molecule has 24 heavy (non-hydrogen) atoms. The Morgan fingerprint density at radius 1 is 1.00 bits per heavy atom. The highest BCUT2D eigenvalue weighted by Gasteiger charge is 2.08. The Bertz CT molecular complexity index is 740. The van der Waals surface area contributed by atoms with Crippen molar-refractivity contribution in [2.75, 3.05) is 11.9 Å². The number of aliphatic carboxylic acids is 1. The van der Waals surface area contributed by atoms with Gasteiger partial charge in [0.05, 0.1) is 17.7 Å². The van der Waals surface area contributed by atoms with Gasteiger partial charge < -0.3 is 15.7 Å². The molecule has 1 heterocycles. The molecule has 3 N–H and O–H groups in total. The number of aromatic nitrogens is 1. The summed E-state index contributed by atoms with van der Waals surface area (Å²) in [6.45, 7) is -0.138. The number of hydrogen-bond donors (Lipinski definition) is 3. The van der Waals surface area contributed by atoms with Crippen molar-refractivity contribution in [1.29, 1.82) is 0 Å². The topological polar surface area (TPSA) is 108 Å². The number of hydrogen-bond acceptors (Lipinski definition) is 4. The molecule has 2 rings (SSSR count). The number of nitrogens with zero attached hydrogens (tertiary/aromatic N) is 1. The van der Waals surface area contributed by atoms with Crippen LogP contribution in [0.5, 0.6) is 0 Å². The van der Waals surface area contributed by atoms with E-state index in [0.717, 1.165) is 5.39 Å². The van der Waals surface area contributed by atoms with Crippen molar-refractivity contribution in [3.05, 3.63) is 36.5 Å². The van der Waals surface area contributed by atoms with E-state index in [-0.39, 0.29) is 31.2 Å². The summed E-state index contributed by atoms with van der Waals surface area (Å²) in [5.41, 5.74) is 1.28. The lowest BCUT2D eigenvalue weighted by molar-refractivity contribution is -0.137. The van der Waals surface area contributed by atoms with Crippen molar-refractivity contribution in [3.63, 3.8) is 0 Å².